The van der Waals surface area contributed by atoms with Gasteiger partial charge < -0.3 is 14.4 Å². The van der Waals surface area contributed by atoms with Crippen molar-refractivity contribution in [2.75, 3.05) is 6.54 Å². The van der Waals surface area contributed by atoms with Crippen molar-refractivity contribution in [3.63, 3.8) is 0 Å². The van der Waals surface area contributed by atoms with E-state index in [1.807, 2.05) is 55.5 Å². The van der Waals surface area contributed by atoms with E-state index in [2.05, 4.69) is 4.74 Å². The number of halogens is 4. The molecule has 0 radical (unpaired) electrons. The molecule has 0 bridgehead atoms. The van der Waals surface area contributed by atoms with Crippen molar-refractivity contribution in [3.05, 3.63) is 53.6 Å². The van der Waals surface area contributed by atoms with Gasteiger partial charge in [0.2, 0.25) is 0 Å². The molecule has 2 aromatic carbocycles. The van der Waals surface area contributed by atoms with E-state index in [0.717, 1.165) is 16.0 Å². The van der Waals surface area contributed by atoms with Crippen LogP contribution in [0.2, 0.25) is 5.02 Å². The van der Waals surface area contributed by atoms with Crippen LogP contribution in [0.1, 0.15) is 26.2 Å². The zero-order valence-corrected chi connectivity index (χ0v) is 16.5. The average molecular weight is 428 g/mol. The quantitative estimate of drug-likeness (QED) is 0.576. The summed E-state index contributed by atoms with van der Waals surface area (Å²) in [6.07, 6.45) is -5.16. The molecule has 8 heteroatoms. The largest absolute Gasteiger partial charge is 0.576 e. The number of alkyl halides is 3. The molecular formula is C21H21ClF3NO3. The highest BCUT2D eigenvalue weighted by atomic mass is 35.5. The molecule has 0 aliphatic carbocycles. The smallest absolute Gasteiger partial charge is 0.490 e. The van der Waals surface area contributed by atoms with Crippen LogP contribution < -0.4 is 4.74 Å². The van der Waals surface area contributed by atoms with Crippen LogP contribution in [0.15, 0.2) is 48.5 Å². The van der Waals surface area contributed by atoms with Crippen LogP contribution in [0.5, 0.6) is 5.75 Å². The van der Waals surface area contributed by atoms with Gasteiger partial charge in [-0.2, -0.15) is 0 Å². The minimum absolute atomic E-state index is 0.148. The molecule has 2 aromatic rings. The van der Waals surface area contributed by atoms with Gasteiger partial charge in [-0.25, -0.2) is 4.79 Å². The second kappa shape index (κ2) is 8.95. The summed E-state index contributed by atoms with van der Waals surface area (Å²) in [4.78, 5) is 12.9. The molecule has 0 N–H and O–H groups in total. The lowest BCUT2D eigenvalue weighted by atomic mass is 9.97. The second-order valence-corrected chi connectivity index (χ2v) is 7.30. The van der Waals surface area contributed by atoms with Crippen LogP contribution in [0.4, 0.5) is 18.0 Å². The van der Waals surface area contributed by atoms with Gasteiger partial charge in [0.1, 0.15) is 11.9 Å². The molecule has 1 heterocycles. The highest BCUT2D eigenvalue weighted by Gasteiger charge is 2.40. The van der Waals surface area contributed by atoms with Crippen molar-refractivity contribution in [2.45, 2.75) is 44.7 Å². The molecule has 1 saturated heterocycles. The summed E-state index contributed by atoms with van der Waals surface area (Å²) in [6.45, 7) is 1.97. The number of carbonyl (C=O) groups is 1. The predicted molar refractivity (Wildman–Crippen MR) is 104 cm³/mol. The molecule has 0 spiro atoms. The molecule has 1 aliphatic heterocycles. The maximum absolute atomic E-state index is 12.4. The normalized spacial score (nSPS) is 19.7. The Morgan fingerprint density at radius 1 is 1.17 bits per heavy atom. The molecule has 2 unspecified atom stereocenters. The third-order valence-electron chi connectivity index (χ3n) is 4.89. The van der Waals surface area contributed by atoms with Gasteiger partial charge in [-0.1, -0.05) is 42.8 Å². The van der Waals surface area contributed by atoms with Crippen molar-refractivity contribution >= 4 is 17.7 Å². The molecule has 3 rings (SSSR count). The van der Waals surface area contributed by atoms with E-state index in [1.54, 1.807) is 0 Å². The fourth-order valence-electron chi connectivity index (χ4n) is 3.49. The highest BCUT2D eigenvalue weighted by molar-refractivity contribution is 6.30. The minimum Gasteiger partial charge on any atom is -0.490 e. The lowest BCUT2D eigenvalue weighted by molar-refractivity contribution is -0.295. The number of rotatable bonds is 4. The van der Waals surface area contributed by atoms with Gasteiger partial charge in [0.25, 0.3) is 0 Å². The Balaban J connectivity index is 1.65. The van der Waals surface area contributed by atoms with Gasteiger partial charge >= 0.3 is 12.5 Å². The summed E-state index contributed by atoms with van der Waals surface area (Å²) >= 11 is 5.93. The highest BCUT2D eigenvalue weighted by Crippen LogP contribution is 2.30. The van der Waals surface area contributed by atoms with Gasteiger partial charge in [0.05, 0.1) is 0 Å². The SMILES string of the molecule is CCC1CC(Oc2cccc(-c3ccc(Cl)cc3)c2)CCN1C(=O)OC(F)(F)F. The van der Waals surface area contributed by atoms with Crippen molar-refractivity contribution in [3.8, 4) is 16.9 Å². The Hall–Kier alpha value is -2.41. The van der Waals surface area contributed by atoms with Gasteiger partial charge in [-0.15, -0.1) is 13.2 Å². The van der Waals surface area contributed by atoms with Crippen LogP contribution in [0.3, 0.4) is 0 Å². The first kappa shape index (κ1) is 21.3. The van der Waals surface area contributed by atoms with Crippen LogP contribution >= 0.6 is 11.6 Å². The Morgan fingerprint density at radius 3 is 2.55 bits per heavy atom. The molecule has 156 valence electrons. The van der Waals surface area contributed by atoms with Crippen LogP contribution in [0, 0.1) is 0 Å². The number of nitrogens with zero attached hydrogens (tertiary/aromatic N) is 1. The van der Waals surface area contributed by atoms with E-state index in [0.29, 0.717) is 30.0 Å². The van der Waals surface area contributed by atoms with Crippen molar-refractivity contribution in [1.29, 1.82) is 0 Å². The number of piperidine rings is 1. The van der Waals surface area contributed by atoms with E-state index in [4.69, 9.17) is 16.3 Å². The molecule has 1 aliphatic rings. The standard InChI is InChI=1S/C21H21ClF3NO3/c1-2-17-13-19(10-11-26(17)20(27)29-21(23,24)25)28-18-5-3-4-15(12-18)14-6-8-16(22)9-7-14/h3-9,12,17,19H,2,10-11,13H2,1H3. The summed E-state index contributed by atoms with van der Waals surface area (Å²) in [6, 6.07) is 14.7. The Bertz CT molecular complexity index is 842. The number of carbonyl (C=O) groups excluding carboxylic acids is 1. The van der Waals surface area contributed by atoms with Crippen molar-refractivity contribution in [1.82, 2.24) is 4.90 Å². The minimum atomic E-state index is -4.98. The molecular weight excluding hydrogens is 407 g/mol. The summed E-state index contributed by atoms with van der Waals surface area (Å²) < 4.78 is 46.7. The Kier molecular flexibility index (Phi) is 6.57. The number of benzene rings is 2. The second-order valence-electron chi connectivity index (χ2n) is 6.87. The predicted octanol–water partition coefficient (Wildman–Crippen LogP) is 6.29. The lowest BCUT2D eigenvalue weighted by Crippen LogP contribution is -2.49. The maximum Gasteiger partial charge on any atom is 0.576 e. The fourth-order valence-corrected chi connectivity index (χ4v) is 3.62. The van der Waals surface area contributed by atoms with E-state index in [9.17, 15) is 18.0 Å². The maximum atomic E-state index is 12.4. The molecule has 1 amide bonds. The number of amides is 1. The summed E-state index contributed by atoms with van der Waals surface area (Å²) in [5.74, 6) is 0.670. The van der Waals surface area contributed by atoms with E-state index in [-0.39, 0.29) is 18.7 Å². The molecule has 29 heavy (non-hydrogen) atoms. The molecule has 1 fully saturated rings. The zero-order valence-electron chi connectivity index (χ0n) is 15.8. The topological polar surface area (TPSA) is 38.8 Å². The van der Waals surface area contributed by atoms with Gasteiger partial charge in [-0.05, 0) is 41.8 Å². The fraction of sp³-hybridized carbons (Fsp3) is 0.381. The first-order chi connectivity index (χ1) is 13.7. The lowest BCUT2D eigenvalue weighted by Gasteiger charge is -2.38. The third kappa shape index (κ3) is 5.79. The number of likely N-dealkylation sites (tertiary alicyclic amines) is 1. The summed E-state index contributed by atoms with van der Waals surface area (Å²) in [7, 11) is 0. The van der Waals surface area contributed by atoms with Crippen molar-refractivity contribution < 1.29 is 27.4 Å². The van der Waals surface area contributed by atoms with E-state index < -0.39 is 12.5 Å². The zero-order chi connectivity index (χ0) is 21.0. The monoisotopic (exact) mass is 427 g/mol. The van der Waals surface area contributed by atoms with Crippen LogP contribution in [-0.4, -0.2) is 36.0 Å². The summed E-state index contributed by atoms with van der Waals surface area (Å²) in [5, 5.41) is 0.655. The first-order valence-electron chi connectivity index (χ1n) is 9.34. The van der Waals surface area contributed by atoms with E-state index >= 15 is 0 Å². The molecule has 4 nitrogen and oxygen atoms in total. The summed E-state index contributed by atoms with van der Waals surface area (Å²) in [5.41, 5.74) is 1.97. The van der Waals surface area contributed by atoms with Crippen molar-refractivity contribution in [2.24, 2.45) is 0 Å². The van der Waals surface area contributed by atoms with Gasteiger partial charge in [0.15, 0.2) is 0 Å². The Labute approximate surface area is 172 Å². The first-order valence-corrected chi connectivity index (χ1v) is 9.72. The molecule has 2 atom stereocenters. The average Bonchev–Trinajstić information content (AvgIpc) is 2.67. The number of ether oxygens (including phenoxy) is 2. The number of hydrogen-bond acceptors (Lipinski definition) is 3. The Morgan fingerprint density at radius 2 is 1.90 bits per heavy atom. The van der Waals surface area contributed by atoms with E-state index in [1.165, 1.54) is 0 Å². The van der Waals surface area contributed by atoms with Crippen LogP contribution in [-0.2, 0) is 4.74 Å². The molecule has 0 saturated carbocycles. The number of hydrogen-bond donors (Lipinski definition) is 0. The van der Waals surface area contributed by atoms with Crippen LogP contribution in [0.25, 0.3) is 11.1 Å². The third-order valence-corrected chi connectivity index (χ3v) is 5.14. The molecule has 0 aromatic heterocycles. The van der Waals surface area contributed by atoms with Gasteiger partial charge in [0, 0.05) is 30.5 Å². The van der Waals surface area contributed by atoms with Gasteiger partial charge in [-0.3, -0.25) is 0 Å².